The van der Waals surface area contributed by atoms with Crippen LogP contribution in [0.3, 0.4) is 0 Å². The highest BCUT2D eigenvalue weighted by atomic mass is 16.5. The zero-order valence-electron chi connectivity index (χ0n) is 11.0. The molecular formula is C13H16N4O2. The molecule has 2 aromatic heterocycles. The van der Waals surface area contributed by atoms with Crippen LogP contribution in [0, 0.1) is 6.92 Å². The van der Waals surface area contributed by atoms with E-state index in [1.165, 1.54) is 5.69 Å². The molecule has 1 N–H and O–H groups in total. The lowest BCUT2D eigenvalue weighted by Gasteiger charge is -2.23. The molecule has 19 heavy (non-hydrogen) atoms. The van der Waals surface area contributed by atoms with E-state index in [-0.39, 0.29) is 11.9 Å². The molecule has 0 saturated heterocycles. The fourth-order valence-electron chi connectivity index (χ4n) is 2.56. The number of hydrogen-bond acceptors (Lipinski definition) is 4. The van der Waals surface area contributed by atoms with Crippen LogP contribution in [0.25, 0.3) is 0 Å². The van der Waals surface area contributed by atoms with Gasteiger partial charge in [0.05, 0.1) is 12.2 Å². The van der Waals surface area contributed by atoms with Gasteiger partial charge in [-0.15, -0.1) is 0 Å². The lowest BCUT2D eigenvalue weighted by molar-refractivity contribution is 0.0923. The minimum absolute atomic E-state index is 0.0157. The first-order chi connectivity index (χ1) is 9.15. The Morgan fingerprint density at radius 2 is 2.42 bits per heavy atom. The average Bonchev–Trinajstić information content (AvgIpc) is 2.98. The number of carbonyl (C=O) groups excluding carboxylic acids is 1. The van der Waals surface area contributed by atoms with Gasteiger partial charge in [0, 0.05) is 24.4 Å². The normalized spacial score (nSPS) is 18.1. The second-order valence-corrected chi connectivity index (χ2v) is 4.91. The Kier molecular flexibility index (Phi) is 2.85. The number of aryl methyl sites for hydroxylation is 2. The zero-order chi connectivity index (χ0) is 13.4. The van der Waals surface area contributed by atoms with Crippen LogP contribution in [0.5, 0.6) is 0 Å². The predicted octanol–water partition coefficient (Wildman–Crippen LogP) is 1.52. The van der Waals surface area contributed by atoms with E-state index in [9.17, 15) is 4.79 Å². The van der Waals surface area contributed by atoms with Crippen molar-refractivity contribution in [2.24, 2.45) is 7.05 Å². The fraction of sp³-hybridized carbons (Fsp3) is 0.462. The Morgan fingerprint density at radius 1 is 1.58 bits per heavy atom. The number of hydrogen-bond donors (Lipinski definition) is 1. The van der Waals surface area contributed by atoms with Gasteiger partial charge >= 0.3 is 0 Å². The van der Waals surface area contributed by atoms with Crippen LogP contribution in [0.2, 0.25) is 0 Å². The molecule has 0 radical (unpaired) electrons. The number of nitrogens with one attached hydrogen (secondary N) is 1. The van der Waals surface area contributed by atoms with Crippen molar-refractivity contribution in [1.29, 1.82) is 0 Å². The van der Waals surface area contributed by atoms with E-state index in [0.29, 0.717) is 11.5 Å². The molecule has 1 aliphatic carbocycles. The first-order valence-electron chi connectivity index (χ1n) is 6.40. The molecule has 1 aliphatic rings. The summed E-state index contributed by atoms with van der Waals surface area (Å²) in [5, 5.41) is 11.0. The van der Waals surface area contributed by atoms with Crippen molar-refractivity contribution < 1.29 is 9.32 Å². The Balaban J connectivity index is 1.79. The molecule has 100 valence electrons. The maximum absolute atomic E-state index is 12.1. The van der Waals surface area contributed by atoms with Crippen LogP contribution in [0.4, 0.5) is 0 Å². The molecule has 0 unspecified atom stereocenters. The third-order valence-corrected chi connectivity index (χ3v) is 3.54. The quantitative estimate of drug-likeness (QED) is 0.888. The lowest BCUT2D eigenvalue weighted by Crippen LogP contribution is -2.31. The fourth-order valence-corrected chi connectivity index (χ4v) is 2.56. The van der Waals surface area contributed by atoms with Gasteiger partial charge in [-0.2, -0.15) is 5.10 Å². The summed E-state index contributed by atoms with van der Waals surface area (Å²) in [4.78, 5) is 12.1. The summed E-state index contributed by atoms with van der Waals surface area (Å²) in [7, 11) is 1.93. The number of amides is 1. The van der Waals surface area contributed by atoms with Crippen molar-refractivity contribution in [1.82, 2.24) is 20.3 Å². The van der Waals surface area contributed by atoms with Crippen LogP contribution >= 0.6 is 0 Å². The second kappa shape index (κ2) is 4.53. The minimum atomic E-state index is -0.196. The van der Waals surface area contributed by atoms with E-state index in [4.69, 9.17) is 4.52 Å². The van der Waals surface area contributed by atoms with Crippen molar-refractivity contribution >= 4 is 5.91 Å². The van der Waals surface area contributed by atoms with Gasteiger partial charge in [0.1, 0.15) is 5.76 Å². The van der Waals surface area contributed by atoms with Crippen molar-refractivity contribution in [3.05, 3.63) is 35.0 Å². The van der Waals surface area contributed by atoms with Crippen LogP contribution in [-0.2, 0) is 13.5 Å². The SMILES string of the molecule is Cc1cc(C(=O)N[C@H]2CCCc3c2cnn3C)no1. The molecule has 6 heteroatoms. The number of rotatable bonds is 2. The smallest absolute Gasteiger partial charge is 0.273 e. The Bertz CT molecular complexity index is 614. The van der Waals surface area contributed by atoms with Crippen molar-refractivity contribution in [2.45, 2.75) is 32.2 Å². The molecule has 1 amide bonds. The van der Waals surface area contributed by atoms with Crippen LogP contribution in [0.15, 0.2) is 16.8 Å². The van der Waals surface area contributed by atoms with E-state index in [0.717, 1.165) is 24.8 Å². The first-order valence-corrected chi connectivity index (χ1v) is 6.40. The second-order valence-electron chi connectivity index (χ2n) is 4.91. The molecule has 2 aromatic rings. The summed E-state index contributed by atoms with van der Waals surface area (Å²) in [5.74, 6) is 0.439. The summed E-state index contributed by atoms with van der Waals surface area (Å²) in [5.41, 5.74) is 2.64. The van der Waals surface area contributed by atoms with Crippen molar-refractivity contribution in [2.75, 3.05) is 0 Å². The Labute approximate surface area is 110 Å². The first kappa shape index (κ1) is 12.0. The van der Waals surface area contributed by atoms with Gasteiger partial charge in [0.15, 0.2) is 5.69 Å². The monoisotopic (exact) mass is 260 g/mol. The third-order valence-electron chi connectivity index (χ3n) is 3.54. The minimum Gasteiger partial charge on any atom is -0.361 e. The van der Waals surface area contributed by atoms with Crippen molar-refractivity contribution in [3.63, 3.8) is 0 Å². The summed E-state index contributed by atoms with van der Waals surface area (Å²) in [6.45, 7) is 1.77. The highest BCUT2D eigenvalue weighted by Gasteiger charge is 2.25. The average molecular weight is 260 g/mol. The number of aromatic nitrogens is 3. The zero-order valence-corrected chi connectivity index (χ0v) is 11.0. The highest BCUT2D eigenvalue weighted by Crippen LogP contribution is 2.29. The van der Waals surface area contributed by atoms with Gasteiger partial charge in [-0.1, -0.05) is 5.16 Å². The van der Waals surface area contributed by atoms with E-state index in [1.54, 1.807) is 13.0 Å². The molecule has 6 nitrogen and oxygen atoms in total. The van der Waals surface area contributed by atoms with Gasteiger partial charge in [-0.25, -0.2) is 0 Å². The number of carbonyl (C=O) groups is 1. The topological polar surface area (TPSA) is 73.0 Å². The van der Waals surface area contributed by atoms with E-state index >= 15 is 0 Å². The maximum Gasteiger partial charge on any atom is 0.273 e. The van der Waals surface area contributed by atoms with Crippen LogP contribution in [0.1, 0.15) is 46.4 Å². The summed E-state index contributed by atoms with van der Waals surface area (Å²) < 4.78 is 6.80. The summed E-state index contributed by atoms with van der Waals surface area (Å²) in [6.07, 6.45) is 4.84. The molecule has 1 atom stereocenters. The lowest BCUT2D eigenvalue weighted by atomic mass is 9.93. The van der Waals surface area contributed by atoms with E-state index < -0.39 is 0 Å². The molecule has 3 rings (SSSR count). The Morgan fingerprint density at radius 3 is 3.16 bits per heavy atom. The number of fused-ring (bicyclic) bond motifs is 1. The molecule has 0 spiro atoms. The molecule has 0 bridgehead atoms. The predicted molar refractivity (Wildman–Crippen MR) is 67.6 cm³/mol. The van der Waals surface area contributed by atoms with E-state index in [1.807, 2.05) is 17.9 Å². The third kappa shape index (κ3) is 2.14. The standard InChI is InChI=1S/C13H16N4O2/c1-8-6-11(16-19-8)13(18)15-10-4-3-5-12-9(10)7-14-17(12)2/h6-7,10H,3-5H2,1-2H3,(H,15,18)/t10-/m0/s1. The summed E-state index contributed by atoms with van der Waals surface area (Å²) >= 11 is 0. The molecule has 2 heterocycles. The number of nitrogens with zero attached hydrogens (tertiary/aromatic N) is 3. The Hall–Kier alpha value is -2.11. The van der Waals surface area contributed by atoms with Gasteiger partial charge in [-0.05, 0) is 26.2 Å². The summed E-state index contributed by atoms with van der Waals surface area (Å²) in [6, 6.07) is 1.66. The maximum atomic E-state index is 12.1. The molecule has 0 aromatic carbocycles. The van der Waals surface area contributed by atoms with Gasteiger partial charge in [0.25, 0.3) is 5.91 Å². The van der Waals surface area contributed by atoms with Gasteiger partial charge in [-0.3, -0.25) is 9.48 Å². The molecular weight excluding hydrogens is 244 g/mol. The highest BCUT2D eigenvalue weighted by molar-refractivity contribution is 5.92. The largest absolute Gasteiger partial charge is 0.361 e. The van der Waals surface area contributed by atoms with Crippen LogP contribution < -0.4 is 5.32 Å². The molecule has 0 saturated carbocycles. The van der Waals surface area contributed by atoms with E-state index in [2.05, 4.69) is 15.6 Å². The van der Waals surface area contributed by atoms with Crippen LogP contribution in [-0.4, -0.2) is 20.8 Å². The van der Waals surface area contributed by atoms with Gasteiger partial charge < -0.3 is 9.84 Å². The molecule has 0 fully saturated rings. The van der Waals surface area contributed by atoms with Crippen molar-refractivity contribution in [3.8, 4) is 0 Å². The molecule has 0 aliphatic heterocycles. The van der Waals surface area contributed by atoms with Gasteiger partial charge in [0.2, 0.25) is 0 Å².